The summed E-state index contributed by atoms with van der Waals surface area (Å²) in [7, 11) is 10.7. The Morgan fingerprint density at radius 3 is 0.641 bits per heavy atom. The minimum Gasteiger partial charge on any atom is -0.334 e. The first-order valence-electron chi connectivity index (χ1n) is 18.5. The number of nitrogens with zero attached hydrogens (tertiary/aromatic N) is 6. The van der Waals surface area contributed by atoms with Gasteiger partial charge in [0.15, 0.2) is 23.3 Å². The molecule has 0 saturated carbocycles. The van der Waals surface area contributed by atoms with Crippen LogP contribution in [0.5, 0.6) is 46.0 Å². The second-order valence-corrected chi connectivity index (χ2v) is 13.0. The van der Waals surface area contributed by atoms with Crippen LogP contribution in [-0.2, 0) is 39.1 Å². The average molecular weight is 883 g/mol. The van der Waals surface area contributed by atoms with Crippen molar-refractivity contribution in [2.75, 3.05) is 56.9 Å². The lowest BCUT2D eigenvalue weighted by Crippen LogP contribution is -1.98. The summed E-state index contributed by atoms with van der Waals surface area (Å²) in [6.45, 7) is 0. The van der Waals surface area contributed by atoms with Gasteiger partial charge in [-0.3, -0.25) is 0 Å². The summed E-state index contributed by atoms with van der Waals surface area (Å²) < 4.78 is 0. The van der Waals surface area contributed by atoms with E-state index >= 15 is 0 Å². The molecule has 3 aromatic heterocycles. The van der Waals surface area contributed by atoms with Crippen LogP contribution in [0.1, 0.15) is 0 Å². The number of fused-ring (bicyclic) bond motifs is 20. The van der Waals surface area contributed by atoms with Crippen LogP contribution < -0.4 is 39.1 Å². The first-order valence-corrected chi connectivity index (χ1v) is 18.5. The number of hydrogen-bond acceptors (Lipinski definition) is 22. The molecule has 5 heterocycles. The Hall–Kier alpha value is -7.68. The summed E-state index contributed by atoms with van der Waals surface area (Å²) in [5, 5.41) is 1.95. The van der Waals surface area contributed by atoms with Crippen molar-refractivity contribution in [3.05, 3.63) is 48.5 Å². The Bertz CT molecular complexity index is 2710. The van der Waals surface area contributed by atoms with Crippen LogP contribution in [0.15, 0.2) is 48.5 Å². The molecule has 0 aliphatic carbocycles. The molecule has 8 bridgehead atoms. The van der Waals surface area contributed by atoms with Gasteiger partial charge in [0.25, 0.3) is 0 Å². The molecule has 9 rings (SSSR count). The minimum absolute atomic E-state index is 0.140. The van der Waals surface area contributed by atoms with Crippen LogP contribution in [0.2, 0.25) is 0 Å². The molecule has 0 fully saturated rings. The van der Waals surface area contributed by atoms with Crippen LogP contribution in [-0.4, -0.2) is 96.8 Å². The van der Waals surface area contributed by atoms with Crippen molar-refractivity contribution >= 4 is 44.1 Å². The van der Waals surface area contributed by atoms with E-state index in [0.717, 1.165) is 0 Å². The molecule has 0 unspecified atom stereocenters. The fourth-order valence-electron chi connectivity index (χ4n) is 7.06. The Kier molecular flexibility index (Phi) is 11.5. The number of aromatic amines is 2. The minimum atomic E-state index is 0.140. The van der Waals surface area contributed by atoms with Gasteiger partial charge in [-0.25, -0.2) is 29.9 Å². The smallest absolute Gasteiger partial charge is 0.212 e. The predicted molar refractivity (Wildman–Crippen MR) is 217 cm³/mol. The summed E-state index contributed by atoms with van der Waals surface area (Å²) in [6, 6.07) is 13.0. The van der Waals surface area contributed by atoms with Crippen LogP contribution in [0.25, 0.3) is 89.7 Å². The molecule has 2 aliphatic rings. The van der Waals surface area contributed by atoms with E-state index in [1.807, 2.05) is 0 Å². The van der Waals surface area contributed by atoms with Gasteiger partial charge in [-0.05, 0) is 0 Å². The highest BCUT2D eigenvalue weighted by Crippen LogP contribution is 2.46. The fraction of sp³-hybridized carbons (Fsp3) is 0.200. The van der Waals surface area contributed by atoms with Crippen LogP contribution in [0.4, 0.5) is 0 Å². The van der Waals surface area contributed by atoms with Gasteiger partial charge in [0.2, 0.25) is 46.0 Å². The first-order chi connectivity index (χ1) is 31.3. The van der Waals surface area contributed by atoms with Crippen molar-refractivity contribution in [2.24, 2.45) is 0 Å². The number of H-pyrrole nitrogens is 2. The maximum absolute atomic E-state index is 5.47. The lowest BCUT2D eigenvalue weighted by atomic mass is 10.1. The van der Waals surface area contributed by atoms with Gasteiger partial charge in [0.1, 0.15) is 22.6 Å². The van der Waals surface area contributed by atoms with Crippen molar-refractivity contribution in [1.29, 1.82) is 0 Å². The largest absolute Gasteiger partial charge is 0.334 e. The van der Waals surface area contributed by atoms with E-state index in [-0.39, 0.29) is 91.9 Å². The Labute approximate surface area is 358 Å². The van der Waals surface area contributed by atoms with E-state index in [1.165, 1.54) is 56.9 Å². The number of hydrogen-bond donors (Lipinski definition) is 2. The summed E-state index contributed by atoms with van der Waals surface area (Å²) in [5.41, 5.74) is 2.90. The SMILES string of the molecule is COOc1cc2c(cc1OOC)-c1nc-2nc2[nH]c(nc3nc(nc4[nH]c(n1)c1cc(OOC)c(OOC)cc41)-c1cc(OOC)c(OOC)cc1-3)c1cc(OOC)c(OOC)cc21. The zero-order valence-corrected chi connectivity index (χ0v) is 34.8. The van der Waals surface area contributed by atoms with Crippen molar-refractivity contribution < 1.29 is 78.2 Å². The van der Waals surface area contributed by atoms with Crippen molar-refractivity contribution in [3.8, 4) is 91.5 Å². The highest BCUT2D eigenvalue weighted by molar-refractivity contribution is 6.08. The summed E-state index contributed by atoms with van der Waals surface area (Å²) in [5.74, 6) is 1.86. The van der Waals surface area contributed by atoms with Gasteiger partial charge in [-0.1, -0.05) is 0 Å². The Balaban J connectivity index is 1.47. The lowest BCUT2D eigenvalue weighted by molar-refractivity contribution is -0.201. The molecule has 0 saturated heterocycles. The zero-order chi connectivity index (χ0) is 44.5. The van der Waals surface area contributed by atoms with Crippen molar-refractivity contribution in [2.45, 2.75) is 0 Å². The lowest BCUT2D eigenvalue weighted by Gasteiger charge is -2.10. The fourth-order valence-corrected chi connectivity index (χ4v) is 7.06. The number of benzene rings is 4. The third kappa shape index (κ3) is 7.41. The van der Waals surface area contributed by atoms with E-state index in [4.69, 9.17) is 108 Å². The molecule has 7 aromatic rings. The van der Waals surface area contributed by atoms with Gasteiger partial charge in [0, 0.05) is 92.3 Å². The maximum atomic E-state index is 5.47. The molecule has 64 heavy (non-hydrogen) atoms. The van der Waals surface area contributed by atoms with E-state index in [0.29, 0.717) is 43.8 Å². The summed E-state index contributed by atoms with van der Waals surface area (Å²) in [6.07, 6.45) is 0. The van der Waals surface area contributed by atoms with Crippen LogP contribution >= 0.6 is 0 Å². The Morgan fingerprint density at radius 1 is 0.266 bits per heavy atom. The maximum Gasteiger partial charge on any atom is 0.212 e. The van der Waals surface area contributed by atoms with Crippen molar-refractivity contribution in [3.63, 3.8) is 0 Å². The molecule has 2 aliphatic heterocycles. The van der Waals surface area contributed by atoms with E-state index in [2.05, 4.69) is 9.97 Å². The number of nitrogens with one attached hydrogen (secondary N) is 2. The van der Waals surface area contributed by atoms with E-state index in [1.54, 1.807) is 48.5 Å². The van der Waals surface area contributed by atoms with Gasteiger partial charge in [-0.15, -0.1) is 0 Å². The van der Waals surface area contributed by atoms with Gasteiger partial charge in [0.05, 0.1) is 56.9 Å². The highest BCUT2D eigenvalue weighted by atomic mass is 17.2. The van der Waals surface area contributed by atoms with Gasteiger partial charge in [-0.2, -0.15) is 39.1 Å². The second-order valence-electron chi connectivity index (χ2n) is 13.0. The molecule has 2 N–H and O–H groups in total. The molecule has 0 spiro atoms. The predicted octanol–water partition coefficient (Wildman–Crippen LogP) is 6.39. The molecule has 330 valence electrons. The summed E-state index contributed by atoms with van der Waals surface area (Å²) >= 11 is 0. The summed E-state index contributed by atoms with van der Waals surface area (Å²) in [4.78, 5) is 121. The quantitative estimate of drug-likeness (QED) is 0.0787. The van der Waals surface area contributed by atoms with E-state index < -0.39 is 0 Å². The number of rotatable bonds is 16. The van der Waals surface area contributed by atoms with Gasteiger partial charge >= 0.3 is 0 Å². The highest BCUT2D eigenvalue weighted by Gasteiger charge is 2.28. The normalized spacial score (nSPS) is 11.6. The standard InChI is InChI=1S/C40H34N8O16/c1-49-57-25-9-17-18(10-26(25)58-50-2)34-41-33(17)45-35-19-11-27(59-51-3)28(60-52-4)12-20(19)37(42-35)47-39-23-15-31(63-55-7)32(64-56-8)16-24(23)40(44-39)48-38-22-14-30(62-54-6)29(61-53-5)13-21(22)36(43-38)46-34/h9-16H,1-8H3,(H2,41,42,43,44,45,46,47,48). The molecule has 0 atom stereocenters. The van der Waals surface area contributed by atoms with E-state index in [9.17, 15) is 0 Å². The molecular weight excluding hydrogens is 848 g/mol. The molecule has 24 nitrogen and oxygen atoms in total. The van der Waals surface area contributed by atoms with Crippen molar-refractivity contribution in [1.82, 2.24) is 39.9 Å². The average Bonchev–Trinajstić information content (AvgIpc) is 3.99. The monoisotopic (exact) mass is 882 g/mol. The van der Waals surface area contributed by atoms with Crippen LogP contribution in [0, 0.1) is 0 Å². The van der Waals surface area contributed by atoms with Gasteiger partial charge < -0.3 is 49.1 Å². The third-order valence-electron chi connectivity index (χ3n) is 9.47. The molecular formula is C40H34N8O16. The zero-order valence-electron chi connectivity index (χ0n) is 34.8. The topological polar surface area (TPSA) is 257 Å². The third-order valence-corrected chi connectivity index (χ3v) is 9.47. The number of aromatic nitrogens is 8. The molecule has 0 radical (unpaired) electrons. The molecule has 0 amide bonds. The molecule has 4 aromatic carbocycles. The Morgan fingerprint density at radius 2 is 0.453 bits per heavy atom. The first kappa shape index (κ1) is 41.7. The van der Waals surface area contributed by atoms with Crippen LogP contribution in [0.3, 0.4) is 0 Å². The molecule has 24 heteroatoms. The second kappa shape index (κ2) is 17.6.